The Morgan fingerprint density at radius 2 is 2.17 bits per heavy atom. The summed E-state index contributed by atoms with van der Waals surface area (Å²) in [6.07, 6.45) is 1.92. The first kappa shape index (κ1) is 8.04. The second-order valence-corrected chi connectivity index (χ2v) is 3.98. The smallest absolute Gasteiger partial charge is 0.0689 e. The highest BCUT2D eigenvalue weighted by atomic mass is 127. The van der Waals surface area contributed by atoms with Crippen LogP contribution in [-0.2, 0) is 7.05 Å². The van der Waals surface area contributed by atoms with Crippen LogP contribution in [0.2, 0.25) is 0 Å². The molecule has 0 atom stereocenters. The molecule has 0 spiro atoms. The largest absolute Gasteiger partial charge is 0.268 e. The number of nitrogens with zero attached hydrogens (tertiary/aromatic N) is 2. The minimum absolute atomic E-state index is 1.20. The van der Waals surface area contributed by atoms with Crippen LogP contribution in [0.15, 0.2) is 18.3 Å². The van der Waals surface area contributed by atoms with Crippen LogP contribution in [0.1, 0.15) is 5.56 Å². The van der Waals surface area contributed by atoms with Gasteiger partial charge in [-0.3, -0.25) is 4.68 Å². The van der Waals surface area contributed by atoms with Gasteiger partial charge in [0.2, 0.25) is 0 Å². The van der Waals surface area contributed by atoms with Crippen LogP contribution in [0.3, 0.4) is 0 Å². The SMILES string of the molecule is Cc1ccc2c(cnn2C)c1I. The molecule has 62 valence electrons. The summed E-state index contributed by atoms with van der Waals surface area (Å²) in [5.41, 5.74) is 2.51. The predicted molar refractivity (Wildman–Crippen MR) is 58.2 cm³/mol. The van der Waals surface area contributed by atoms with Crippen molar-refractivity contribution in [3.63, 3.8) is 0 Å². The van der Waals surface area contributed by atoms with Gasteiger partial charge in [0, 0.05) is 16.0 Å². The predicted octanol–water partition coefficient (Wildman–Crippen LogP) is 2.49. The summed E-state index contributed by atoms with van der Waals surface area (Å²) >= 11 is 2.36. The Hall–Kier alpha value is -0.580. The van der Waals surface area contributed by atoms with Crippen molar-refractivity contribution in [2.45, 2.75) is 6.92 Å². The fourth-order valence-electron chi connectivity index (χ4n) is 1.30. The quantitative estimate of drug-likeness (QED) is 0.674. The average molecular weight is 272 g/mol. The van der Waals surface area contributed by atoms with Gasteiger partial charge in [0.1, 0.15) is 0 Å². The monoisotopic (exact) mass is 272 g/mol. The molecule has 0 aliphatic heterocycles. The number of benzene rings is 1. The molecule has 3 heteroatoms. The molecule has 0 fully saturated rings. The molecule has 0 saturated carbocycles. The molecule has 2 aromatic rings. The number of hydrogen-bond acceptors (Lipinski definition) is 1. The van der Waals surface area contributed by atoms with Gasteiger partial charge in [-0.1, -0.05) is 6.07 Å². The van der Waals surface area contributed by atoms with E-state index in [9.17, 15) is 0 Å². The first-order chi connectivity index (χ1) is 5.70. The molecule has 12 heavy (non-hydrogen) atoms. The lowest BCUT2D eigenvalue weighted by atomic mass is 10.2. The van der Waals surface area contributed by atoms with Gasteiger partial charge in [-0.2, -0.15) is 5.10 Å². The average Bonchev–Trinajstić information content (AvgIpc) is 2.41. The topological polar surface area (TPSA) is 17.8 Å². The van der Waals surface area contributed by atoms with Gasteiger partial charge in [0.15, 0.2) is 0 Å². The zero-order valence-electron chi connectivity index (χ0n) is 7.00. The minimum atomic E-state index is 1.20. The van der Waals surface area contributed by atoms with Crippen LogP contribution in [-0.4, -0.2) is 9.78 Å². The maximum Gasteiger partial charge on any atom is 0.0689 e. The maximum atomic E-state index is 4.21. The van der Waals surface area contributed by atoms with Gasteiger partial charge in [0.05, 0.1) is 11.7 Å². The number of halogens is 1. The third kappa shape index (κ3) is 1.03. The Labute approximate surface area is 84.7 Å². The molecule has 2 rings (SSSR count). The third-order valence-corrected chi connectivity index (χ3v) is 3.49. The van der Waals surface area contributed by atoms with Gasteiger partial charge in [-0.25, -0.2) is 0 Å². The zero-order valence-corrected chi connectivity index (χ0v) is 9.16. The van der Waals surface area contributed by atoms with Crippen LogP contribution < -0.4 is 0 Å². The second kappa shape index (κ2) is 2.73. The fourth-order valence-corrected chi connectivity index (χ4v) is 1.90. The number of fused-ring (bicyclic) bond motifs is 1. The van der Waals surface area contributed by atoms with E-state index in [2.05, 4.69) is 46.7 Å². The van der Waals surface area contributed by atoms with Crippen molar-refractivity contribution in [2.24, 2.45) is 7.05 Å². The van der Waals surface area contributed by atoms with Crippen LogP contribution in [0.25, 0.3) is 10.9 Å². The molecule has 0 amide bonds. The van der Waals surface area contributed by atoms with E-state index in [0.717, 1.165) is 0 Å². The lowest BCUT2D eigenvalue weighted by Gasteiger charge is -1.99. The molecule has 0 aliphatic rings. The normalized spacial score (nSPS) is 10.9. The van der Waals surface area contributed by atoms with E-state index in [0.29, 0.717) is 0 Å². The van der Waals surface area contributed by atoms with Gasteiger partial charge in [-0.15, -0.1) is 0 Å². The molecular formula is C9H9IN2. The van der Waals surface area contributed by atoms with Gasteiger partial charge < -0.3 is 0 Å². The number of aromatic nitrogens is 2. The molecule has 0 bridgehead atoms. The Balaban J connectivity index is 2.93. The Bertz CT molecular complexity index is 431. The third-order valence-electron chi connectivity index (χ3n) is 2.06. The molecule has 0 radical (unpaired) electrons. The summed E-state index contributed by atoms with van der Waals surface area (Å²) < 4.78 is 3.20. The Morgan fingerprint density at radius 1 is 1.42 bits per heavy atom. The highest BCUT2D eigenvalue weighted by Crippen LogP contribution is 2.22. The van der Waals surface area contributed by atoms with E-state index in [-0.39, 0.29) is 0 Å². The zero-order chi connectivity index (χ0) is 8.72. The van der Waals surface area contributed by atoms with Crippen molar-refractivity contribution in [3.05, 3.63) is 27.5 Å². The van der Waals surface area contributed by atoms with Gasteiger partial charge >= 0.3 is 0 Å². The molecule has 0 N–H and O–H groups in total. The van der Waals surface area contributed by atoms with Crippen molar-refractivity contribution < 1.29 is 0 Å². The van der Waals surface area contributed by atoms with Gasteiger partial charge in [0.25, 0.3) is 0 Å². The molecular weight excluding hydrogens is 263 g/mol. The minimum Gasteiger partial charge on any atom is -0.268 e. The molecule has 1 aromatic carbocycles. The lowest BCUT2D eigenvalue weighted by Crippen LogP contribution is -1.89. The highest BCUT2D eigenvalue weighted by Gasteiger charge is 2.04. The maximum absolute atomic E-state index is 4.21. The van der Waals surface area contributed by atoms with Crippen molar-refractivity contribution in [2.75, 3.05) is 0 Å². The second-order valence-electron chi connectivity index (χ2n) is 2.90. The molecule has 0 unspecified atom stereocenters. The van der Waals surface area contributed by atoms with E-state index in [1.165, 1.54) is 20.0 Å². The van der Waals surface area contributed by atoms with E-state index >= 15 is 0 Å². The van der Waals surface area contributed by atoms with E-state index in [1.54, 1.807) is 0 Å². The lowest BCUT2D eigenvalue weighted by molar-refractivity contribution is 0.797. The summed E-state index contributed by atoms with van der Waals surface area (Å²) in [5, 5.41) is 5.46. The van der Waals surface area contributed by atoms with Crippen LogP contribution in [0.4, 0.5) is 0 Å². The van der Waals surface area contributed by atoms with Crippen LogP contribution in [0.5, 0.6) is 0 Å². The molecule has 0 saturated heterocycles. The van der Waals surface area contributed by atoms with Gasteiger partial charge in [-0.05, 0) is 41.1 Å². The summed E-state index contributed by atoms with van der Waals surface area (Å²) in [6, 6.07) is 4.24. The number of hydrogen-bond donors (Lipinski definition) is 0. The first-order valence-electron chi connectivity index (χ1n) is 3.77. The highest BCUT2D eigenvalue weighted by molar-refractivity contribution is 14.1. The Kier molecular flexibility index (Phi) is 1.83. The standard InChI is InChI=1S/C9H9IN2/c1-6-3-4-8-7(9(6)10)5-11-12(8)2/h3-5H,1-2H3. The fraction of sp³-hybridized carbons (Fsp3) is 0.222. The van der Waals surface area contributed by atoms with Crippen molar-refractivity contribution in [1.82, 2.24) is 9.78 Å². The van der Waals surface area contributed by atoms with E-state index in [1.807, 2.05) is 17.9 Å². The molecule has 1 heterocycles. The summed E-state index contributed by atoms with van der Waals surface area (Å²) in [5.74, 6) is 0. The number of rotatable bonds is 0. The van der Waals surface area contributed by atoms with Crippen molar-refractivity contribution in [3.8, 4) is 0 Å². The summed E-state index contributed by atoms with van der Waals surface area (Å²) in [7, 11) is 1.97. The first-order valence-corrected chi connectivity index (χ1v) is 4.85. The molecule has 0 aliphatic carbocycles. The van der Waals surface area contributed by atoms with Crippen LogP contribution in [0, 0.1) is 10.5 Å². The molecule has 2 nitrogen and oxygen atoms in total. The van der Waals surface area contributed by atoms with E-state index in [4.69, 9.17) is 0 Å². The van der Waals surface area contributed by atoms with Crippen molar-refractivity contribution in [1.29, 1.82) is 0 Å². The van der Waals surface area contributed by atoms with Crippen molar-refractivity contribution >= 4 is 33.5 Å². The number of aryl methyl sites for hydroxylation is 2. The summed E-state index contributed by atoms with van der Waals surface area (Å²) in [6.45, 7) is 2.12. The van der Waals surface area contributed by atoms with E-state index < -0.39 is 0 Å². The Morgan fingerprint density at radius 3 is 2.92 bits per heavy atom. The molecule has 1 aromatic heterocycles. The summed E-state index contributed by atoms with van der Waals surface area (Å²) in [4.78, 5) is 0. The van der Waals surface area contributed by atoms with Crippen LogP contribution >= 0.6 is 22.6 Å².